The first-order valence-electron chi connectivity index (χ1n) is 5.66. The summed E-state index contributed by atoms with van der Waals surface area (Å²) in [6, 6.07) is 2.51. The van der Waals surface area contributed by atoms with Crippen LogP contribution in [-0.4, -0.2) is 45.0 Å². The average molecular weight is 269 g/mol. The van der Waals surface area contributed by atoms with Crippen molar-refractivity contribution >= 4 is 11.9 Å². The van der Waals surface area contributed by atoms with Crippen LogP contribution in [0.2, 0.25) is 0 Å². The Morgan fingerprint density at radius 3 is 2.68 bits per heavy atom. The van der Waals surface area contributed by atoms with Crippen LogP contribution in [0.1, 0.15) is 35.5 Å². The van der Waals surface area contributed by atoms with Gasteiger partial charge in [0.25, 0.3) is 0 Å². The van der Waals surface area contributed by atoms with Gasteiger partial charge in [0.15, 0.2) is 0 Å². The average Bonchev–Trinajstić information content (AvgIpc) is 2.38. The number of hydrogen-bond acceptors (Lipinski definition) is 6. The molecule has 0 aliphatic rings. The molecular formula is C12H15NO6. The van der Waals surface area contributed by atoms with Gasteiger partial charge in [0.05, 0.1) is 19.1 Å². The smallest absolute Gasteiger partial charge is 0.354 e. The molecule has 0 amide bonds. The molecule has 0 aliphatic heterocycles. The molecule has 0 aromatic carbocycles. The summed E-state index contributed by atoms with van der Waals surface area (Å²) in [7, 11) is 0. The summed E-state index contributed by atoms with van der Waals surface area (Å²) in [5.74, 6) is -1.88. The summed E-state index contributed by atoms with van der Waals surface area (Å²) in [5.41, 5.74) is -0.0796. The monoisotopic (exact) mass is 269 g/mol. The third-order valence-corrected chi connectivity index (χ3v) is 2.39. The minimum atomic E-state index is -1.38. The summed E-state index contributed by atoms with van der Waals surface area (Å²) < 4.78 is 4.64. The fourth-order valence-corrected chi connectivity index (χ4v) is 1.47. The van der Waals surface area contributed by atoms with Crippen molar-refractivity contribution in [2.75, 3.05) is 6.61 Å². The fourth-order valence-electron chi connectivity index (χ4n) is 1.47. The Hall–Kier alpha value is -1.99. The van der Waals surface area contributed by atoms with E-state index in [0.717, 1.165) is 6.07 Å². The number of aromatic nitrogens is 1. The molecule has 2 unspecified atom stereocenters. The first kappa shape index (κ1) is 15.1. The highest BCUT2D eigenvalue weighted by atomic mass is 16.5. The fraction of sp³-hybridized carbons (Fsp3) is 0.417. The van der Waals surface area contributed by atoms with Crippen molar-refractivity contribution < 1.29 is 29.6 Å². The molecule has 19 heavy (non-hydrogen) atoms. The molecule has 0 radical (unpaired) electrons. The Balaban J connectivity index is 2.76. The summed E-state index contributed by atoms with van der Waals surface area (Å²) in [6.07, 6.45) is -1.92. The molecule has 7 nitrogen and oxygen atoms in total. The van der Waals surface area contributed by atoms with E-state index >= 15 is 0 Å². The van der Waals surface area contributed by atoms with Gasteiger partial charge in [-0.1, -0.05) is 0 Å². The maximum Gasteiger partial charge on any atom is 0.354 e. The van der Waals surface area contributed by atoms with Gasteiger partial charge in [0, 0.05) is 6.20 Å². The van der Waals surface area contributed by atoms with E-state index in [1.54, 1.807) is 6.92 Å². The molecule has 1 aromatic rings. The van der Waals surface area contributed by atoms with Crippen molar-refractivity contribution in [2.24, 2.45) is 0 Å². The molecule has 1 aromatic heterocycles. The van der Waals surface area contributed by atoms with E-state index in [4.69, 9.17) is 5.11 Å². The molecule has 0 saturated heterocycles. The number of pyridine rings is 1. The van der Waals surface area contributed by atoms with Gasteiger partial charge < -0.3 is 20.1 Å². The van der Waals surface area contributed by atoms with Gasteiger partial charge in [-0.05, 0) is 24.6 Å². The van der Waals surface area contributed by atoms with Gasteiger partial charge >= 0.3 is 11.9 Å². The second-order valence-electron chi connectivity index (χ2n) is 3.80. The van der Waals surface area contributed by atoms with Crippen molar-refractivity contribution in [1.29, 1.82) is 0 Å². The van der Waals surface area contributed by atoms with Crippen molar-refractivity contribution in [3.8, 4) is 0 Å². The van der Waals surface area contributed by atoms with E-state index in [9.17, 15) is 19.8 Å². The quantitative estimate of drug-likeness (QED) is 0.628. The van der Waals surface area contributed by atoms with Crippen LogP contribution in [0.25, 0.3) is 0 Å². The van der Waals surface area contributed by atoms with Crippen molar-refractivity contribution in [3.05, 3.63) is 29.6 Å². The van der Waals surface area contributed by atoms with Crippen molar-refractivity contribution in [3.63, 3.8) is 0 Å². The lowest BCUT2D eigenvalue weighted by Gasteiger charge is -2.17. The topological polar surface area (TPSA) is 117 Å². The number of esters is 1. The van der Waals surface area contributed by atoms with Crippen LogP contribution < -0.4 is 0 Å². The molecule has 1 heterocycles. The largest absolute Gasteiger partial charge is 0.477 e. The number of hydrogen-bond donors (Lipinski definition) is 3. The lowest BCUT2D eigenvalue weighted by Crippen LogP contribution is -2.23. The normalized spacial score (nSPS) is 13.6. The number of carboxylic acid groups (broad SMARTS) is 1. The van der Waals surface area contributed by atoms with Crippen molar-refractivity contribution in [1.82, 2.24) is 4.98 Å². The van der Waals surface area contributed by atoms with Crippen molar-refractivity contribution in [2.45, 2.75) is 25.6 Å². The molecule has 104 valence electrons. The maximum absolute atomic E-state index is 11.2. The van der Waals surface area contributed by atoms with Gasteiger partial charge in [-0.25, -0.2) is 9.78 Å². The third kappa shape index (κ3) is 4.31. The number of carboxylic acids is 1. The van der Waals surface area contributed by atoms with Crippen LogP contribution in [0.3, 0.4) is 0 Å². The van der Waals surface area contributed by atoms with E-state index < -0.39 is 24.1 Å². The molecule has 0 saturated carbocycles. The minimum absolute atomic E-state index is 0.171. The molecule has 3 N–H and O–H groups in total. The molecule has 1 rings (SSSR count). The lowest BCUT2D eigenvalue weighted by molar-refractivity contribution is -0.147. The second kappa shape index (κ2) is 6.81. The Kier molecular flexibility index (Phi) is 5.40. The zero-order valence-electron chi connectivity index (χ0n) is 10.3. The SMILES string of the molecule is CCOC(=O)CC(O)C(O)c1ccnc(C(=O)O)c1. The first-order chi connectivity index (χ1) is 8.95. The highest BCUT2D eigenvalue weighted by Crippen LogP contribution is 2.19. The number of carbonyl (C=O) groups excluding carboxylic acids is 1. The number of aromatic carboxylic acids is 1. The van der Waals surface area contributed by atoms with Crippen LogP contribution in [0, 0.1) is 0 Å². The Labute approximate surface area is 109 Å². The highest BCUT2D eigenvalue weighted by molar-refractivity contribution is 5.85. The lowest BCUT2D eigenvalue weighted by atomic mass is 10.0. The molecule has 0 spiro atoms. The predicted molar refractivity (Wildman–Crippen MR) is 63.4 cm³/mol. The summed E-state index contributed by atoms with van der Waals surface area (Å²) in [5, 5.41) is 28.3. The second-order valence-corrected chi connectivity index (χ2v) is 3.80. The minimum Gasteiger partial charge on any atom is -0.477 e. The Morgan fingerprint density at radius 2 is 2.11 bits per heavy atom. The Bertz CT molecular complexity index is 461. The number of aliphatic hydroxyl groups excluding tert-OH is 2. The Morgan fingerprint density at radius 1 is 1.42 bits per heavy atom. The molecule has 0 bridgehead atoms. The molecule has 2 atom stereocenters. The number of rotatable bonds is 6. The summed E-state index contributed by atoms with van der Waals surface area (Å²) in [6.45, 7) is 1.81. The van der Waals surface area contributed by atoms with Gasteiger partial charge in [0.2, 0.25) is 0 Å². The van der Waals surface area contributed by atoms with E-state index in [2.05, 4.69) is 9.72 Å². The van der Waals surface area contributed by atoms with E-state index in [-0.39, 0.29) is 24.3 Å². The standard InChI is InChI=1S/C12H15NO6/c1-2-19-10(15)6-9(14)11(16)7-3-4-13-8(5-7)12(17)18/h3-5,9,11,14,16H,2,6H2,1H3,(H,17,18). The molecule has 7 heteroatoms. The van der Waals surface area contributed by atoms with Crippen LogP contribution in [0.5, 0.6) is 0 Å². The molecule has 0 aliphatic carbocycles. The van der Waals surface area contributed by atoms with Crippen LogP contribution >= 0.6 is 0 Å². The van der Waals surface area contributed by atoms with Crippen LogP contribution in [0.4, 0.5) is 0 Å². The van der Waals surface area contributed by atoms with E-state index in [1.807, 2.05) is 0 Å². The van der Waals surface area contributed by atoms with Crippen LogP contribution in [0.15, 0.2) is 18.3 Å². The number of aliphatic hydroxyl groups is 2. The van der Waals surface area contributed by atoms with Gasteiger partial charge in [-0.15, -0.1) is 0 Å². The predicted octanol–water partition coefficient (Wildman–Crippen LogP) is 0.127. The molecule has 0 fully saturated rings. The zero-order valence-corrected chi connectivity index (χ0v) is 10.3. The first-order valence-corrected chi connectivity index (χ1v) is 5.66. The van der Waals surface area contributed by atoms with E-state index in [0.29, 0.717) is 0 Å². The van der Waals surface area contributed by atoms with Gasteiger partial charge in [0.1, 0.15) is 11.8 Å². The van der Waals surface area contributed by atoms with Crippen LogP contribution in [-0.2, 0) is 9.53 Å². The number of ether oxygens (including phenoxy) is 1. The van der Waals surface area contributed by atoms with Gasteiger partial charge in [-0.3, -0.25) is 4.79 Å². The number of nitrogens with zero attached hydrogens (tertiary/aromatic N) is 1. The zero-order chi connectivity index (χ0) is 14.4. The summed E-state index contributed by atoms with van der Waals surface area (Å²) >= 11 is 0. The third-order valence-electron chi connectivity index (χ3n) is 2.39. The highest BCUT2D eigenvalue weighted by Gasteiger charge is 2.23. The van der Waals surface area contributed by atoms with E-state index in [1.165, 1.54) is 12.3 Å². The number of carbonyl (C=O) groups is 2. The molecular weight excluding hydrogens is 254 g/mol. The van der Waals surface area contributed by atoms with Gasteiger partial charge in [-0.2, -0.15) is 0 Å². The maximum atomic E-state index is 11.2. The summed E-state index contributed by atoms with van der Waals surface area (Å²) in [4.78, 5) is 25.5.